The van der Waals surface area contributed by atoms with Crippen LogP contribution < -0.4 is 15.4 Å². The van der Waals surface area contributed by atoms with Crippen LogP contribution in [0.5, 0.6) is 5.75 Å². The van der Waals surface area contributed by atoms with Crippen LogP contribution in [0.3, 0.4) is 0 Å². The van der Waals surface area contributed by atoms with Crippen LogP contribution in [0.25, 0.3) is 10.9 Å². The van der Waals surface area contributed by atoms with Crippen molar-refractivity contribution in [3.63, 3.8) is 0 Å². The van der Waals surface area contributed by atoms with Gasteiger partial charge in [0.15, 0.2) is 5.96 Å². The van der Waals surface area contributed by atoms with Crippen LogP contribution in [0.1, 0.15) is 11.1 Å². The molecule has 0 aliphatic rings. The van der Waals surface area contributed by atoms with E-state index in [1.54, 1.807) is 31.3 Å². The molecule has 29 heavy (non-hydrogen) atoms. The molecule has 0 saturated carbocycles. The quantitative estimate of drug-likeness (QED) is 0.247. The number of ether oxygens (including phenoxy) is 1. The predicted molar refractivity (Wildman–Crippen MR) is 119 cm³/mol. The Morgan fingerprint density at radius 2 is 1.93 bits per heavy atom. The number of hydrogen-bond acceptors (Lipinski definition) is 2. The third-order valence-electron chi connectivity index (χ3n) is 4.27. The standard InChI is InChI=1S/C20H21F3N4O.HI/c1-24-20(27-12-14-4-2-3-5-18(14)28-19(22)23)25-9-8-13-11-26-17-7-6-15(21)10-16(13)17;/h2-7,10-11,19,26H,8-9,12H2,1H3,(H2,24,25,27);1H. The maximum atomic E-state index is 13.5. The Balaban J connectivity index is 0.00000300. The van der Waals surface area contributed by atoms with Crippen molar-refractivity contribution in [1.29, 1.82) is 0 Å². The molecule has 0 aliphatic heterocycles. The van der Waals surface area contributed by atoms with Crippen molar-refractivity contribution in [3.05, 3.63) is 65.6 Å². The van der Waals surface area contributed by atoms with Crippen LogP contribution in [0.4, 0.5) is 13.2 Å². The Bertz CT molecular complexity index is 962. The van der Waals surface area contributed by atoms with E-state index in [9.17, 15) is 13.2 Å². The average molecular weight is 518 g/mol. The van der Waals surface area contributed by atoms with E-state index in [0.29, 0.717) is 24.5 Å². The van der Waals surface area contributed by atoms with Crippen molar-refractivity contribution in [2.75, 3.05) is 13.6 Å². The van der Waals surface area contributed by atoms with Gasteiger partial charge in [-0.1, -0.05) is 18.2 Å². The molecule has 0 amide bonds. The first-order chi connectivity index (χ1) is 13.6. The molecule has 5 nitrogen and oxygen atoms in total. The summed E-state index contributed by atoms with van der Waals surface area (Å²) < 4.78 is 43.0. The van der Waals surface area contributed by atoms with E-state index in [1.165, 1.54) is 18.2 Å². The molecule has 1 heterocycles. The van der Waals surface area contributed by atoms with Crippen LogP contribution in [0.15, 0.2) is 53.7 Å². The Labute approximate surface area is 183 Å². The first kappa shape index (κ1) is 22.9. The Morgan fingerprint density at radius 1 is 1.14 bits per heavy atom. The van der Waals surface area contributed by atoms with Crippen molar-refractivity contribution >= 4 is 40.8 Å². The molecular weight excluding hydrogens is 496 g/mol. The smallest absolute Gasteiger partial charge is 0.387 e. The highest BCUT2D eigenvalue weighted by molar-refractivity contribution is 14.0. The van der Waals surface area contributed by atoms with Gasteiger partial charge in [0.2, 0.25) is 0 Å². The van der Waals surface area contributed by atoms with Gasteiger partial charge >= 0.3 is 6.61 Å². The number of aliphatic imine (C=N–C) groups is 1. The van der Waals surface area contributed by atoms with Crippen LogP contribution in [-0.2, 0) is 13.0 Å². The summed E-state index contributed by atoms with van der Waals surface area (Å²) >= 11 is 0. The summed E-state index contributed by atoms with van der Waals surface area (Å²) in [5, 5.41) is 7.08. The molecule has 0 unspecified atom stereocenters. The zero-order valence-corrected chi connectivity index (χ0v) is 18.0. The van der Waals surface area contributed by atoms with Gasteiger partial charge in [0.05, 0.1) is 0 Å². The summed E-state index contributed by atoms with van der Waals surface area (Å²) in [5.74, 6) is 0.377. The summed E-state index contributed by atoms with van der Waals surface area (Å²) in [6.07, 6.45) is 2.52. The number of rotatable bonds is 7. The van der Waals surface area contributed by atoms with Gasteiger partial charge < -0.3 is 20.4 Å². The highest BCUT2D eigenvalue weighted by atomic mass is 127. The van der Waals surface area contributed by atoms with E-state index in [4.69, 9.17) is 0 Å². The second-order valence-corrected chi connectivity index (χ2v) is 6.09. The van der Waals surface area contributed by atoms with Gasteiger partial charge in [-0.3, -0.25) is 4.99 Å². The van der Waals surface area contributed by atoms with Gasteiger partial charge in [-0.2, -0.15) is 8.78 Å². The van der Waals surface area contributed by atoms with Crippen LogP contribution in [0.2, 0.25) is 0 Å². The van der Waals surface area contributed by atoms with Crippen molar-refractivity contribution in [3.8, 4) is 5.75 Å². The maximum Gasteiger partial charge on any atom is 0.387 e. The second kappa shape index (κ2) is 10.9. The molecule has 3 N–H and O–H groups in total. The highest BCUT2D eigenvalue weighted by Crippen LogP contribution is 2.20. The first-order valence-corrected chi connectivity index (χ1v) is 8.79. The fourth-order valence-electron chi connectivity index (χ4n) is 2.93. The molecular formula is C20H22F3IN4O. The minimum absolute atomic E-state index is 0. The number of benzene rings is 2. The minimum atomic E-state index is -2.88. The summed E-state index contributed by atoms with van der Waals surface area (Å²) in [7, 11) is 1.62. The predicted octanol–water partition coefficient (Wildman–Crippen LogP) is 4.43. The normalized spacial score (nSPS) is 11.4. The van der Waals surface area contributed by atoms with E-state index in [1.807, 2.05) is 6.20 Å². The molecule has 2 aromatic carbocycles. The van der Waals surface area contributed by atoms with Gasteiger partial charge in [0.1, 0.15) is 11.6 Å². The lowest BCUT2D eigenvalue weighted by atomic mass is 10.1. The third kappa shape index (κ3) is 6.28. The van der Waals surface area contributed by atoms with Gasteiger partial charge in [-0.15, -0.1) is 24.0 Å². The highest BCUT2D eigenvalue weighted by Gasteiger charge is 2.10. The van der Waals surface area contributed by atoms with Gasteiger partial charge in [-0.05, 0) is 36.2 Å². The molecule has 1 aromatic heterocycles. The Morgan fingerprint density at radius 3 is 2.69 bits per heavy atom. The number of para-hydroxylation sites is 1. The number of aromatic nitrogens is 1. The Kier molecular flexibility index (Phi) is 8.62. The van der Waals surface area contributed by atoms with Crippen LogP contribution in [0, 0.1) is 5.82 Å². The fraction of sp³-hybridized carbons (Fsp3) is 0.250. The fourth-order valence-corrected chi connectivity index (χ4v) is 2.93. The van der Waals surface area contributed by atoms with Gasteiger partial charge in [0, 0.05) is 42.8 Å². The molecule has 0 aliphatic carbocycles. The van der Waals surface area contributed by atoms with E-state index >= 15 is 0 Å². The monoisotopic (exact) mass is 518 g/mol. The van der Waals surface area contributed by atoms with E-state index < -0.39 is 6.61 Å². The second-order valence-electron chi connectivity index (χ2n) is 6.09. The molecule has 9 heteroatoms. The van der Waals surface area contributed by atoms with E-state index in [0.717, 1.165) is 16.5 Å². The number of nitrogens with zero attached hydrogens (tertiary/aromatic N) is 1. The third-order valence-corrected chi connectivity index (χ3v) is 4.27. The Hall–Kier alpha value is -2.43. The molecule has 0 fully saturated rings. The topological polar surface area (TPSA) is 61.4 Å². The lowest BCUT2D eigenvalue weighted by molar-refractivity contribution is -0.0504. The SMILES string of the molecule is CN=C(NCCc1c[nH]c2ccc(F)cc12)NCc1ccccc1OC(F)F.I. The van der Waals surface area contributed by atoms with Crippen molar-refractivity contribution in [2.24, 2.45) is 4.99 Å². The average Bonchev–Trinajstić information content (AvgIpc) is 3.07. The number of halogens is 4. The maximum absolute atomic E-state index is 13.5. The number of aromatic amines is 1. The van der Waals surface area contributed by atoms with Crippen molar-refractivity contribution in [1.82, 2.24) is 15.6 Å². The minimum Gasteiger partial charge on any atom is -0.434 e. The zero-order valence-electron chi connectivity index (χ0n) is 15.7. The number of fused-ring (bicyclic) bond motifs is 1. The van der Waals surface area contributed by atoms with Crippen LogP contribution in [-0.4, -0.2) is 31.1 Å². The number of H-pyrrole nitrogens is 1. The summed E-state index contributed by atoms with van der Waals surface area (Å²) in [6.45, 7) is -2.03. The number of hydrogen-bond donors (Lipinski definition) is 3. The number of nitrogens with one attached hydrogen (secondary N) is 3. The molecule has 0 saturated heterocycles. The molecule has 156 valence electrons. The van der Waals surface area contributed by atoms with Crippen LogP contribution >= 0.6 is 24.0 Å². The number of guanidine groups is 1. The molecule has 0 atom stereocenters. The lowest BCUT2D eigenvalue weighted by Gasteiger charge is -2.14. The molecule has 3 aromatic rings. The zero-order chi connectivity index (χ0) is 19.9. The van der Waals surface area contributed by atoms with Crippen molar-refractivity contribution in [2.45, 2.75) is 19.6 Å². The van der Waals surface area contributed by atoms with Crippen molar-refractivity contribution < 1.29 is 17.9 Å². The first-order valence-electron chi connectivity index (χ1n) is 8.79. The van der Waals surface area contributed by atoms with E-state index in [-0.39, 0.29) is 42.1 Å². The molecule has 3 rings (SSSR count). The molecule has 0 spiro atoms. The summed E-state index contributed by atoms with van der Waals surface area (Å²) in [5.41, 5.74) is 2.47. The number of alkyl halides is 2. The summed E-state index contributed by atoms with van der Waals surface area (Å²) in [6, 6.07) is 11.2. The van der Waals surface area contributed by atoms with Gasteiger partial charge in [0.25, 0.3) is 0 Å². The van der Waals surface area contributed by atoms with E-state index in [2.05, 4.69) is 25.3 Å². The molecule has 0 radical (unpaired) electrons. The lowest BCUT2D eigenvalue weighted by Crippen LogP contribution is -2.37. The largest absolute Gasteiger partial charge is 0.434 e. The molecule has 0 bridgehead atoms. The van der Waals surface area contributed by atoms with Gasteiger partial charge in [-0.25, -0.2) is 4.39 Å². The summed E-state index contributed by atoms with van der Waals surface area (Å²) in [4.78, 5) is 7.25.